The minimum Gasteiger partial charge on any atom is -0.465 e. The van der Waals surface area contributed by atoms with Crippen molar-refractivity contribution < 1.29 is 19.7 Å². The zero-order valence-electron chi connectivity index (χ0n) is 11.9. The van der Waals surface area contributed by atoms with Gasteiger partial charge in [0, 0.05) is 12.6 Å². The average Bonchev–Trinajstić information content (AvgIpc) is 2.42. The number of aliphatic hydroxyl groups is 1. The van der Waals surface area contributed by atoms with Gasteiger partial charge in [-0.05, 0) is 57.5 Å². The standard InChI is InChI=1S/C14H26N2O4/c17-13(18)16-12-1-5-14(19,6-2-12)10-20-9-11-3-7-15-8-4-11/h11-12,15-16,19H,1-10H2,(H,17,18). The molecule has 1 saturated heterocycles. The molecule has 2 fully saturated rings. The second-order valence-electron chi connectivity index (χ2n) is 6.16. The molecule has 2 aliphatic rings. The molecule has 0 bridgehead atoms. The predicted octanol–water partition coefficient (Wildman–Crippen LogP) is 0.944. The molecule has 0 aromatic carbocycles. The second kappa shape index (κ2) is 7.24. The molecule has 0 unspecified atom stereocenters. The molecule has 1 amide bonds. The summed E-state index contributed by atoms with van der Waals surface area (Å²) in [6.07, 6.45) is 3.86. The van der Waals surface area contributed by atoms with Gasteiger partial charge in [-0.25, -0.2) is 4.79 Å². The first-order valence-electron chi connectivity index (χ1n) is 7.58. The SMILES string of the molecule is O=C(O)NC1CCC(O)(COCC2CCNCC2)CC1. The number of hydrogen-bond acceptors (Lipinski definition) is 4. The van der Waals surface area contributed by atoms with Gasteiger partial charge < -0.3 is 25.6 Å². The van der Waals surface area contributed by atoms with Gasteiger partial charge in [0.25, 0.3) is 0 Å². The van der Waals surface area contributed by atoms with Crippen LogP contribution in [-0.2, 0) is 4.74 Å². The minimum atomic E-state index is -0.984. The van der Waals surface area contributed by atoms with E-state index >= 15 is 0 Å². The lowest BCUT2D eigenvalue weighted by Crippen LogP contribution is -2.45. The van der Waals surface area contributed by atoms with Crippen LogP contribution in [0, 0.1) is 5.92 Å². The molecule has 0 radical (unpaired) electrons. The highest BCUT2D eigenvalue weighted by molar-refractivity contribution is 5.64. The summed E-state index contributed by atoms with van der Waals surface area (Å²) in [4.78, 5) is 10.6. The first-order valence-corrected chi connectivity index (χ1v) is 7.58. The molecule has 1 aliphatic carbocycles. The number of rotatable bonds is 5. The second-order valence-corrected chi connectivity index (χ2v) is 6.16. The van der Waals surface area contributed by atoms with Crippen LogP contribution in [0.15, 0.2) is 0 Å². The van der Waals surface area contributed by atoms with Crippen molar-refractivity contribution in [2.45, 2.75) is 50.2 Å². The van der Waals surface area contributed by atoms with Crippen LogP contribution in [0.1, 0.15) is 38.5 Å². The van der Waals surface area contributed by atoms with Gasteiger partial charge in [0.1, 0.15) is 0 Å². The maximum absolute atomic E-state index is 10.6. The zero-order valence-corrected chi connectivity index (χ0v) is 11.9. The summed E-state index contributed by atoms with van der Waals surface area (Å²) >= 11 is 0. The summed E-state index contributed by atoms with van der Waals surface area (Å²) < 4.78 is 5.72. The Balaban J connectivity index is 1.64. The lowest BCUT2D eigenvalue weighted by molar-refractivity contribution is -0.0792. The molecular formula is C14H26N2O4. The monoisotopic (exact) mass is 286 g/mol. The quantitative estimate of drug-likeness (QED) is 0.604. The van der Waals surface area contributed by atoms with Crippen molar-refractivity contribution in [2.75, 3.05) is 26.3 Å². The number of carbonyl (C=O) groups is 1. The highest BCUT2D eigenvalue weighted by atomic mass is 16.5. The van der Waals surface area contributed by atoms with Crippen molar-refractivity contribution in [3.05, 3.63) is 0 Å². The molecule has 0 atom stereocenters. The maximum atomic E-state index is 10.6. The lowest BCUT2D eigenvalue weighted by atomic mass is 9.83. The van der Waals surface area contributed by atoms with Gasteiger partial charge in [-0.1, -0.05) is 0 Å². The number of nitrogens with one attached hydrogen (secondary N) is 2. The summed E-state index contributed by atoms with van der Waals surface area (Å²) in [5.74, 6) is 0.602. The highest BCUT2D eigenvalue weighted by Gasteiger charge is 2.34. The van der Waals surface area contributed by atoms with Crippen molar-refractivity contribution in [2.24, 2.45) is 5.92 Å². The fourth-order valence-electron chi connectivity index (χ4n) is 3.08. The van der Waals surface area contributed by atoms with Crippen molar-refractivity contribution in [1.82, 2.24) is 10.6 Å². The molecule has 1 aliphatic heterocycles. The Morgan fingerprint density at radius 1 is 1.25 bits per heavy atom. The topological polar surface area (TPSA) is 90.8 Å². The van der Waals surface area contributed by atoms with Crippen LogP contribution in [0.5, 0.6) is 0 Å². The number of hydrogen-bond donors (Lipinski definition) is 4. The van der Waals surface area contributed by atoms with E-state index in [1.165, 1.54) is 0 Å². The van der Waals surface area contributed by atoms with Crippen molar-refractivity contribution in [3.63, 3.8) is 0 Å². The molecule has 20 heavy (non-hydrogen) atoms. The Morgan fingerprint density at radius 2 is 1.90 bits per heavy atom. The maximum Gasteiger partial charge on any atom is 0.404 e. The van der Waals surface area contributed by atoms with Crippen LogP contribution in [0.4, 0.5) is 4.79 Å². The van der Waals surface area contributed by atoms with Gasteiger partial charge in [-0.2, -0.15) is 0 Å². The third kappa shape index (κ3) is 4.92. The fraction of sp³-hybridized carbons (Fsp3) is 0.929. The smallest absolute Gasteiger partial charge is 0.404 e. The van der Waals surface area contributed by atoms with E-state index in [0.29, 0.717) is 38.2 Å². The molecule has 6 heteroatoms. The molecule has 1 saturated carbocycles. The van der Waals surface area contributed by atoms with Crippen LogP contribution in [0.2, 0.25) is 0 Å². The van der Waals surface area contributed by atoms with E-state index in [4.69, 9.17) is 9.84 Å². The van der Waals surface area contributed by atoms with Crippen molar-refractivity contribution in [3.8, 4) is 0 Å². The van der Waals surface area contributed by atoms with Crippen LogP contribution in [-0.4, -0.2) is 54.3 Å². The Kier molecular flexibility index (Phi) is 5.63. The number of piperidine rings is 1. The first kappa shape index (κ1) is 15.5. The van der Waals surface area contributed by atoms with Crippen LogP contribution >= 0.6 is 0 Å². The minimum absolute atomic E-state index is 0.0304. The molecule has 0 aromatic rings. The summed E-state index contributed by atoms with van der Waals surface area (Å²) in [6.45, 7) is 3.21. The van der Waals surface area contributed by atoms with E-state index in [9.17, 15) is 9.90 Å². The lowest BCUT2D eigenvalue weighted by Gasteiger charge is -2.36. The Bertz CT molecular complexity index is 310. The summed E-state index contributed by atoms with van der Waals surface area (Å²) in [5, 5.41) is 24.9. The Hall–Kier alpha value is -0.850. The van der Waals surface area contributed by atoms with Gasteiger partial charge in [0.15, 0.2) is 0 Å². The molecule has 6 nitrogen and oxygen atoms in total. The van der Waals surface area contributed by atoms with Crippen LogP contribution < -0.4 is 10.6 Å². The first-order chi connectivity index (χ1) is 9.57. The largest absolute Gasteiger partial charge is 0.465 e. The van der Waals surface area contributed by atoms with Gasteiger partial charge in [0.2, 0.25) is 0 Å². The summed E-state index contributed by atoms with van der Waals surface area (Å²) in [6, 6.07) is -0.0304. The third-order valence-electron chi connectivity index (χ3n) is 4.43. The highest BCUT2D eigenvalue weighted by Crippen LogP contribution is 2.29. The van der Waals surface area contributed by atoms with Gasteiger partial charge in [0.05, 0.1) is 12.2 Å². The van der Waals surface area contributed by atoms with E-state index in [2.05, 4.69) is 10.6 Å². The Labute approximate surface area is 119 Å². The molecular weight excluding hydrogens is 260 g/mol. The zero-order chi connectivity index (χ0) is 14.4. The normalized spacial score (nSPS) is 31.9. The summed E-state index contributed by atoms with van der Waals surface area (Å²) in [7, 11) is 0. The van der Waals surface area contributed by atoms with Gasteiger partial charge in [-0.15, -0.1) is 0 Å². The van der Waals surface area contributed by atoms with Crippen LogP contribution in [0.3, 0.4) is 0 Å². The van der Waals surface area contributed by atoms with E-state index < -0.39 is 11.7 Å². The van der Waals surface area contributed by atoms with E-state index in [1.54, 1.807) is 0 Å². The molecule has 0 aromatic heterocycles. The van der Waals surface area contributed by atoms with Gasteiger partial charge in [-0.3, -0.25) is 0 Å². The third-order valence-corrected chi connectivity index (χ3v) is 4.43. The molecule has 116 valence electrons. The Morgan fingerprint density at radius 3 is 2.50 bits per heavy atom. The average molecular weight is 286 g/mol. The van der Waals surface area contributed by atoms with Crippen molar-refractivity contribution in [1.29, 1.82) is 0 Å². The molecule has 2 rings (SSSR count). The molecule has 4 N–H and O–H groups in total. The molecule has 0 spiro atoms. The molecule has 1 heterocycles. The fourth-order valence-corrected chi connectivity index (χ4v) is 3.08. The van der Waals surface area contributed by atoms with E-state index in [1.807, 2.05) is 0 Å². The van der Waals surface area contributed by atoms with Crippen molar-refractivity contribution >= 4 is 6.09 Å². The number of amides is 1. The van der Waals surface area contributed by atoms with Crippen LogP contribution in [0.25, 0.3) is 0 Å². The number of ether oxygens (including phenoxy) is 1. The number of carboxylic acid groups (broad SMARTS) is 1. The van der Waals surface area contributed by atoms with E-state index in [0.717, 1.165) is 32.5 Å². The summed E-state index contributed by atoms with van der Waals surface area (Å²) in [5.41, 5.74) is -0.774. The van der Waals surface area contributed by atoms with Gasteiger partial charge >= 0.3 is 6.09 Å². The van der Waals surface area contributed by atoms with E-state index in [-0.39, 0.29) is 6.04 Å². The predicted molar refractivity (Wildman–Crippen MR) is 74.8 cm³/mol.